The Morgan fingerprint density at radius 2 is 1.89 bits per heavy atom. The lowest BCUT2D eigenvalue weighted by Gasteiger charge is -2.23. The number of benzene rings is 1. The van der Waals surface area contributed by atoms with Crippen LogP contribution in [0.5, 0.6) is 0 Å². The molecule has 2 aliphatic carbocycles. The first kappa shape index (κ1) is 26.0. The Morgan fingerprint density at radius 3 is 2.71 bits per heavy atom. The van der Waals surface area contributed by atoms with E-state index in [9.17, 15) is 10.2 Å². The molecule has 4 atom stereocenters. The predicted octanol–water partition coefficient (Wildman–Crippen LogP) is 4.20. The molecule has 0 saturated heterocycles. The van der Waals surface area contributed by atoms with Gasteiger partial charge in [-0.3, -0.25) is 0 Å². The molecule has 202 valence electrons. The quantitative estimate of drug-likeness (QED) is 0.250. The van der Waals surface area contributed by atoms with Gasteiger partial charge in [-0.05, 0) is 70.2 Å². The molecular weight excluding hydrogens is 525 g/mol. The standard InChI is InChI=1S/C27H33Cl2N7O2/c1-35(7-3-2-4-23-33-19-10-17(28)18(29)11-20(19)34-23)12-16-9-22(26(38)25(16)37)36-14-32-24-21(8-15-5-6-15)30-13-31-27(24)36/h10-11,13-16,22,25-26,37-38H,2-9,12H2,1H3,(H,33,34)/t16-,22-,25-,26+/m1/s1. The molecule has 38 heavy (non-hydrogen) atoms. The minimum absolute atomic E-state index is 0.0323. The summed E-state index contributed by atoms with van der Waals surface area (Å²) in [5.41, 5.74) is 4.27. The van der Waals surface area contributed by atoms with E-state index in [4.69, 9.17) is 23.2 Å². The van der Waals surface area contributed by atoms with Gasteiger partial charge in [-0.25, -0.2) is 19.9 Å². The van der Waals surface area contributed by atoms with Crippen LogP contribution in [0.15, 0.2) is 24.8 Å². The van der Waals surface area contributed by atoms with Crippen LogP contribution in [-0.2, 0) is 12.8 Å². The van der Waals surface area contributed by atoms with Crippen molar-refractivity contribution in [3.8, 4) is 0 Å². The van der Waals surface area contributed by atoms with Gasteiger partial charge in [0.15, 0.2) is 5.65 Å². The van der Waals surface area contributed by atoms with Crippen LogP contribution >= 0.6 is 23.2 Å². The van der Waals surface area contributed by atoms with Crippen LogP contribution in [0.1, 0.15) is 49.7 Å². The average molecular weight is 559 g/mol. The maximum atomic E-state index is 10.9. The number of aromatic nitrogens is 6. The van der Waals surface area contributed by atoms with E-state index in [-0.39, 0.29) is 12.0 Å². The molecule has 1 aromatic carbocycles. The number of nitrogens with zero attached hydrogens (tertiary/aromatic N) is 6. The number of H-pyrrole nitrogens is 1. The summed E-state index contributed by atoms with van der Waals surface area (Å²) in [5.74, 6) is 1.60. The van der Waals surface area contributed by atoms with Gasteiger partial charge in [-0.2, -0.15) is 0 Å². The lowest BCUT2D eigenvalue weighted by atomic mass is 10.0. The summed E-state index contributed by atoms with van der Waals surface area (Å²) in [6.45, 7) is 1.61. The van der Waals surface area contributed by atoms with Gasteiger partial charge < -0.3 is 24.7 Å². The highest BCUT2D eigenvalue weighted by molar-refractivity contribution is 6.42. The maximum absolute atomic E-state index is 10.9. The van der Waals surface area contributed by atoms with Crippen molar-refractivity contribution < 1.29 is 10.2 Å². The van der Waals surface area contributed by atoms with Gasteiger partial charge in [0.25, 0.3) is 0 Å². The summed E-state index contributed by atoms with van der Waals surface area (Å²) in [4.78, 5) is 23.7. The Bertz CT molecular complexity index is 1400. The summed E-state index contributed by atoms with van der Waals surface area (Å²) >= 11 is 12.2. The lowest BCUT2D eigenvalue weighted by Crippen LogP contribution is -2.35. The van der Waals surface area contributed by atoms with Crippen LogP contribution in [0.3, 0.4) is 0 Å². The summed E-state index contributed by atoms with van der Waals surface area (Å²) in [6, 6.07) is 3.34. The Kier molecular flexibility index (Phi) is 7.30. The molecule has 2 aliphatic rings. The summed E-state index contributed by atoms with van der Waals surface area (Å²) in [5, 5.41) is 22.9. The third-order valence-corrected chi connectivity index (χ3v) is 8.79. The van der Waals surface area contributed by atoms with Crippen molar-refractivity contribution in [1.29, 1.82) is 0 Å². The number of rotatable bonds is 10. The van der Waals surface area contributed by atoms with Gasteiger partial charge in [0.05, 0.1) is 45.2 Å². The summed E-state index contributed by atoms with van der Waals surface area (Å²) < 4.78 is 1.94. The van der Waals surface area contributed by atoms with Crippen LogP contribution < -0.4 is 0 Å². The molecule has 0 radical (unpaired) electrons. The van der Waals surface area contributed by atoms with Gasteiger partial charge in [0, 0.05) is 18.9 Å². The molecule has 6 rings (SSSR count). The molecule has 0 bridgehead atoms. The second kappa shape index (κ2) is 10.7. The second-order valence-corrected chi connectivity index (χ2v) is 11.8. The molecule has 2 saturated carbocycles. The summed E-state index contributed by atoms with van der Waals surface area (Å²) in [6.07, 6.45) is 8.61. The van der Waals surface area contributed by atoms with Crippen molar-refractivity contribution in [2.75, 3.05) is 20.1 Å². The third-order valence-electron chi connectivity index (χ3n) is 8.06. The largest absolute Gasteiger partial charge is 0.390 e. The first-order valence-electron chi connectivity index (χ1n) is 13.4. The zero-order valence-corrected chi connectivity index (χ0v) is 22.9. The van der Waals surface area contributed by atoms with E-state index in [1.165, 1.54) is 12.8 Å². The number of imidazole rings is 2. The number of fused-ring (bicyclic) bond motifs is 2. The van der Waals surface area contributed by atoms with Crippen LogP contribution in [0, 0.1) is 11.8 Å². The molecular formula is C27H33Cl2N7O2. The van der Waals surface area contributed by atoms with E-state index in [0.29, 0.717) is 28.9 Å². The molecule has 0 aliphatic heterocycles. The van der Waals surface area contributed by atoms with Crippen molar-refractivity contribution in [1.82, 2.24) is 34.4 Å². The number of hydrogen-bond acceptors (Lipinski definition) is 7. The molecule has 11 heteroatoms. The Labute approximate surface area is 231 Å². The van der Waals surface area contributed by atoms with Crippen LogP contribution in [0.4, 0.5) is 0 Å². The predicted molar refractivity (Wildman–Crippen MR) is 147 cm³/mol. The maximum Gasteiger partial charge on any atom is 0.163 e. The molecule has 0 unspecified atom stereocenters. The van der Waals surface area contributed by atoms with Gasteiger partial charge in [-0.15, -0.1) is 0 Å². The Balaban J connectivity index is 1.03. The number of aromatic amines is 1. The van der Waals surface area contributed by atoms with Crippen molar-refractivity contribution in [3.63, 3.8) is 0 Å². The van der Waals surface area contributed by atoms with Crippen molar-refractivity contribution in [2.45, 2.75) is 63.2 Å². The number of hydrogen-bond donors (Lipinski definition) is 3. The third kappa shape index (κ3) is 5.27. The van der Waals surface area contributed by atoms with E-state index < -0.39 is 12.2 Å². The highest BCUT2D eigenvalue weighted by atomic mass is 35.5. The average Bonchev–Trinajstić information content (AvgIpc) is 3.36. The van der Waals surface area contributed by atoms with Crippen LogP contribution in [0.25, 0.3) is 22.2 Å². The number of aliphatic hydroxyl groups is 2. The fourth-order valence-electron chi connectivity index (χ4n) is 5.79. The zero-order valence-electron chi connectivity index (χ0n) is 21.4. The summed E-state index contributed by atoms with van der Waals surface area (Å²) in [7, 11) is 2.07. The van der Waals surface area contributed by atoms with Gasteiger partial charge in [0.1, 0.15) is 23.8 Å². The number of nitrogens with one attached hydrogen (secondary N) is 1. The molecule has 9 nitrogen and oxygen atoms in total. The van der Waals surface area contributed by atoms with E-state index in [0.717, 1.165) is 65.9 Å². The van der Waals surface area contributed by atoms with Gasteiger partial charge in [-0.1, -0.05) is 23.2 Å². The smallest absolute Gasteiger partial charge is 0.163 e. The molecule has 3 aromatic heterocycles. The van der Waals surface area contributed by atoms with Crippen molar-refractivity contribution in [2.24, 2.45) is 11.8 Å². The fourth-order valence-corrected chi connectivity index (χ4v) is 6.11. The molecule has 0 spiro atoms. The van der Waals surface area contributed by atoms with Crippen molar-refractivity contribution in [3.05, 3.63) is 46.4 Å². The van der Waals surface area contributed by atoms with Gasteiger partial charge >= 0.3 is 0 Å². The molecule has 2 fully saturated rings. The second-order valence-electron chi connectivity index (χ2n) is 11.0. The monoisotopic (exact) mass is 557 g/mol. The SMILES string of the molecule is CN(CCCCc1nc2cc(Cl)c(Cl)cc2[nH]1)C[C@H]1C[C@@H](n2cnc3c(CC4CC4)ncnc32)[C@H](O)[C@@H]1O. The zero-order chi connectivity index (χ0) is 26.4. The van der Waals surface area contributed by atoms with E-state index in [2.05, 4.69) is 36.9 Å². The topological polar surface area (TPSA) is 116 Å². The van der Waals surface area contributed by atoms with E-state index >= 15 is 0 Å². The minimum Gasteiger partial charge on any atom is -0.390 e. The number of unbranched alkanes of at least 4 members (excludes halogenated alkanes) is 1. The Hall–Kier alpha value is -2.30. The van der Waals surface area contributed by atoms with E-state index in [1.807, 2.05) is 10.6 Å². The van der Waals surface area contributed by atoms with Crippen molar-refractivity contribution >= 4 is 45.4 Å². The molecule has 3 N–H and O–H groups in total. The first-order valence-corrected chi connectivity index (χ1v) is 14.2. The van der Waals surface area contributed by atoms with Crippen LogP contribution in [-0.4, -0.2) is 76.9 Å². The lowest BCUT2D eigenvalue weighted by molar-refractivity contribution is 0.00161. The molecule has 3 heterocycles. The number of aryl methyl sites for hydroxylation is 1. The number of halogens is 2. The van der Waals surface area contributed by atoms with Crippen LogP contribution in [0.2, 0.25) is 10.0 Å². The normalized spacial score (nSPS) is 23.8. The van der Waals surface area contributed by atoms with Gasteiger partial charge in [0.2, 0.25) is 0 Å². The number of aliphatic hydroxyl groups excluding tert-OH is 2. The highest BCUT2D eigenvalue weighted by Gasteiger charge is 2.43. The minimum atomic E-state index is -0.859. The molecule has 4 aromatic rings. The Morgan fingerprint density at radius 1 is 1.08 bits per heavy atom. The van der Waals surface area contributed by atoms with E-state index in [1.54, 1.807) is 18.7 Å². The molecule has 0 amide bonds. The fraction of sp³-hybridized carbons (Fsp3) is 0.556. The first-order chi connectivity index (χ1) is 18.4. The highest BCUT2D eigenvalue weighted by Crippen LogP contribution is 2.38.